The lowest BCUT2D eigenvalue weighted by molar-refractivity contribution is 0.420. The summed E-state index contributed by atoms with van der Waals surface area (Å²) >= 11 is 7.39. The van der Waals surface area contributed by atoms with Gasteiger partial charge in [-0.25, -0.2) is 9.67 Å². The molecule has 114 valence electrons. The van der Waals surface area contributed by atoms with Gasteiger partial charge in [0.25, 0.3) is 0 Å². The highest BCUT2D eigenvalue weighted by Crippen LogP contribution is 2.31. The average Bonchev–Trinajstić information content (AvgIpc) is 3.29. The van der Waals surface area contributed by atoms with Gasteiger partial charge in [0.05, 0.1) is 15.8 Å². The molecule has 4 rings (SSSR count). The van der Waals surface area contributed by atoms with Crippen LogP contribution in [0, 0.1) is 0 Å². The summed E-state index contributed by atoms with van der Waals surface area (Å²) < 4.78 is 7.77. The number of hydrogen-bond donors (Lipinski definition) is 0. The molecule has 4 heterocycles. The zero-order valence-corrected chi connectivity index (χ0v) is 13.3. The molecule has 4 aromatic rings. The Morgan fingerprint density at radius 2 is 2.13 bits per heavy atom. The van der Waals surface area contributed by atoms with Gasteiger partial charge in [0, 0.05) is 12.3 Å². The molecular formula is C15H10ClN5OS. The summed E-state index contributed by atoms with van der Waals surface area (Å²) in [6.07, 6.45) is 3.37. The van der Waals surface area contributed by atoms with E-state index in [1.807, 2.05) is 36.4 Å². The fourth-order valence-corrected chi connectivity index (χ4v) is 3.09. The third-order valence-corrected chi connectivity index (χ3v) is 4.38. The van der Waals surface area contributed by atoms with E-state index in [1.165, 1.54) is 11.3 Å². The van der Waals surface area contributed by atoms with Crippen molar-refractivity contribution in [3.05, 3.63) is 59.0 Å². The minimum atomic E-state index is 0.475. The Morgan fingerprint density at radius 1 is 1.17 bits per heavy atom. The van der Waals surface area contributed by atoms with Crippen molar-refractivity contribution in [3.8, 4) is 22.2 Å². The SMILES string of the molecule is Clc1ccc(-c2cc(Cn3cnc(-c4ccccn4)n3)no2)s1. The Bertz CT molecular complexity index is 930. The topological polar surface area (TPSA) is 69.6 Å². The van der Waals surface area contributed by atoms with Gasteiger partial charge in [-0.05, 0) is 24.3 Å². The summed E-state index contributed by atoms with van der Waals surface area (Å²) in [6, 6.07) is 11.2. The first-order valence-corrected chi connectivity index (χ1v) is 7.99. The van der Waals surface area contributed by atoms with Crippen molar-refractivity contribution < 1.29 is 4.52 Å². The smallest absolute Gasteiger partial charge is 0.199 e. The van der Waals surface area contributed by atoms with E-state index in [4.69, 9.17) is 16.1 Å². The first-order chi connectivity index (χ1) is 11.3. The van der Waals surface area contributed by atoms with Crippen LogP contribution in [0.1, 0.15) is 5.69 Å². The van der Waals surface area contributed by atoms with Crippen LogP contribution in [0.4, 0.5) is 0 Å². The summed E-state index contributed by atoms with van der Waals surface area (Å²) in [5, 5.41) is 8.47. The highest BCUT2D eigenvalue weighted by Gasteiger charge is 2.11. The van der Waals surface area contributed by atoms with Gasteiger partial charge in [-0.3, -0.25) is 4.98 Å². The zero-order chi connectivity index (χ0) is 15.6. The summed E-state index contributed by atoms with van der Waals surface area (Å²) in [4.78, 5) is 9.44. The van der Waals surface area contributed by atoms with Crippen LogP contribution in [0.15, 0.2) is 53.4 Å². The standard InChI is InChI=1S/C15H10ClN5OS/c16-14-5-4-13(23-14)12-7-10(20-22-12)8-21-9-18-15(19-21)11-3-1-2-6-17-11/h1-7,9H,8H2. The van der Waals surface area contributed by atoms with Crippen LogP contribution >= 0.6 is 22.9 Å². The van der Waals surface area contributed by atoms with Crippen molar-refractivity contribution >= 4 is 22.9 Å². The minimum absolute atomic E-state index is 0.475. The molecule has 0 unspecified atom stereocenters. The molecule has 0 aliphatic carbocycles. The van der Waals surface area contributed by atoms with Gasteiger partial charge in [0.2, 0.25) is 0 Å². The van der Waals surface area contributed by atoms with E-state index in [-0.39, 0.29) is 0 Å². The van der Waals surface area contributed by atoms with E-state index in [0.717, 1.165) is 16.3 Å². The van der Waals surface area contributed by atoms with Gasteiger partial charge >= 0.3 is 0 Å². The van der Waals surface area contributed by atoms with E-state index >= 15 is 0 Å². The quantitative estimate of drug-likeness (QED) is 0.564. The van der Waals surface area contributed by atoms with Gasteiger partial charge in [0.15, 0.2) is 11.6 Å². The molecule has 0 spiro atoms. The molecule has 0 aliphatic rings. The van der Waals surface area contributed by atoms with Crippen molar-refractivity contribution in [3.63, 3.8) is 0 Å². The van der Waals surface area contributed by atoms with Crippen molar-refractivity contribution in [2.45, 2.75) is 6.54 Å². The van der Waals surface area contributed by atoms with Crippen LogP contribution in [-0.2, 0) is 6.54 Å². The van der Waals surface area contributed by atoms with Gasteiger partial charge in [-0.1, -0.05) is 22.8 Å². The Kier molecular flexibility index (Phi) is 3.64. The molecule has 0 atom stereocenters. The monoisotopic (exact) mass is 343 g/mol. The molecule has 0 bridgehead atoms. The number of pyridine rings is 1. The normalized spacial score (nSPS) is 11.0. The first-order valence-electron chi connectivity index (χ1n) is 6.80. The van der Waals surface area contributed by atoms with Crippen molar-refractivity contribution in [1.82, 2.24) is 24.9 Å². The van der Waals surface area contributed by atoms with Crippen molar-refractivity contribution in [2.24, 2.45) is 0 Å². The van der Waals surface area contributed by atoms with Gasteiger partial charge in [0.1, 0.15) is 17.7 Å². The Labute approximate surface area is 140 Å². The summed E-state index contributed by atoms with van der Waals surface area (Å²) in [5.74, 6) is 1.28. The molecule has 0 aromatic carbocycles. The second-order valence-electron chi connectivity index (χ2n) is 4.77. The Hall–Kier alpha value is -2.51. The number of rotatable bonds is 4. The highest BCUT2D eigenvalue weighted by atomic mass is 35.5. The largest absolute Gasteiger partial charge is 0.355 e. The van der Waals surface area contributed by atoms with Gasteiger partial charge in [-0.2, -0.15) is 0 Å². The minimum Gasteiger partial charge on any atom is -0.355 e. The fourth-order valence-electron chi connectivity index (χ4n) is 2.10. The molecule has 23 heavy (non-hydrogen) atoms. The molecule has 4 aromatic heterocycles. The summed E-state index contributed by atoms with van der Waals surface area (Å²) in [7, 11) is 0. The summed E-state index contributed by atoms with van der Waals surface area (Å²) in [5.41, 5.74) is 1.50. The second kappa shape index (κ2) is 5.94. The lowest BCUT2D eigenvalue weighted by Crippen LogP contribution is -2.00. The Balaban J connectivity index is 1.53. The van der Waals surface area contributed by atoms with Gasteiger partial charge < -0.3 is 4.52 Å². The van der Waals surface area contributed by atoms with Crippen LogP contribution in [-0.4, -0.2) is 24.9 Å². The maximum absolute atomic E-state index is 5.94. The van der Waals surface area contributed by atoms with E-state index < -0.39 is 0 Å². The maximum atomic E-state index is 5.94. The molecule has 0 fully saturated rings. The third kappa shape index (κ3) is 3.01. The molecule has 0 saturated carbocycles. The number of aromatic nitrogens is 5. The van der Waals surface area contributed by atoms with E-state index in [0.29, 0.717) is 22.5 Å². The van der Waals surface area contributed by atoms with Crippen LogP contribution in [0.5, 0.6) is 0 Å². The number of halogens is 1. The van der Waals surface area contributed by atoms with Gasteiger partial charge in [-0.15, -0.1) is 16.4 Å². The first kappa shape index (κ1) is 14.1. The van der Waals surface area contributed by atoms with Crippen molar-refractivity contribution in [1.29, 1.82) is 0 Å². The Morgan fingerprint density at radius 3 is 2.91 bits per heavy atom. The molecule has 0 aliphatic heterocycles. The molecule has 8 heteroatoms. The molecule has 0 amide bonds. The number of thiophene rings is 1. The highest BCUT2D eigenvalue weighted by molar-refractivity contribution is 7.19. The predicted molar refractivity (Wildman–Crippen MR) is 87.2 cm³/mol. The molecule has 0 saturated heterocycles. The molecule has 6 nitrogen and oxygen atoms in total. The molecule has 0 radical (unpaired) electrons. The summed E-state index contributed by atoms with van der Waals surface area (Å²) in [6.45, 7) is 0.475. The van der Waals surface area contributed by atoms with Crippen LogP contribution in [0.2, 0.25) is 4.34 Å². The predicted octanol–water partition coefficient (Wildman–Crippen LogP) is 3.76. The lowest BCUT2D eigenvalue weighted by atomic mass is 10.3. The zero-order valence-electron chi connectivity index (χ0n) is 11.8. The van der Waals surface area contributed by atoms with Crippen LogP contribution < -0.4 is 0 Å². The van der Waals surface area contributed by atoms with E-state index in [9.17, 15) is 0 Å². The third-order valence-electron chi connectivity index (χ3n) is 3.13. The number of hydrogen-bond acceptors (Lipinski definition) is 6. The van der Waals surface area contributed by atoms with Crippen LogP contribution in [0.25, 0.3) is 22.2 Å². The van der Waals surface area contributed by atoms with E-state index in [1.54, 1.807) is 17.2 Å². The second-order valence-corrected chi connectivity index (χ2v) is 6.48. The molecule has 0 N–H and O–H groups in total. The van der Waals surface area contributed by atoms with Crippen LogP contribution in [0.3, 0.4) is 0 Å². The van der Waals surface area contributed by atoms with E-state index in [2.05, 4.69) is 20.2 Å². The van der Waals surface area contributed by atoms with Crippen molar-refractivity contribution in [2.75, 3.05) is 0 Å². The maximum Gasteiger partial charge on any atom is 0.199 e. The number of nitrogens with zero attached hydrogens (tertiary/aromatic N) is 5. The average molecular weight is 344 g/mol. The lowest BCUT2D eigenvalue weighted by Gasteiger charge is -1.95. The fraction of sp³-hybridized carbons (Fsp3) is 0.0667. The molecular weight excluding hydrogens is 334 g/mol.